The van der Waals surface area contributed by atoms with Gasteiger partial charge in [-0.25, -0.2) is 0 Å². The van der Waals surface area contributed by atoms with E-state index in [9.17, 15) is 9.90 Å². The highest BCUT2D eigenvalue weighted by atomic mass is 35.5. The highest BCUT2D eigenvalue weighted by Crippen LogP contribution is 2.42. The Morgan fingerprint density at radius 3 is 2.40 bits per heavy atom. The summed E-state index contributed by atoms with van der Waals surface area (Å²) >= 11 is 5.86. The Kier molecular flexibility index (Phi) is 3.42. The van der Waals surface area contributed by atoms with Crippen molar-refractivity contribution < 1.29 is 19.4 Å². The van der Waals surface area contributed by atoms with Crippen molar-refractivity contribution >= 4 is 17.4 Å². The van der Waals surface area contributed by atoms with Gasteiger partial charge in [0.1, 0.15) is 5.56 Å². The van der Waals surface area contributed by atoms with Crippen molar-refractivity contribution in [3.63, 3.8) is 0 Å². The minimum Gasteiger partial charge on any atom is -0.504 e. The Hall–Kier alpha value is -1.42. The smallest absolute Gasteiger partial charge is 0.172 e. The summed E-state index contributed by atoms with van der Waals surface area (Å²) in [6.07, 6.45) is 0. The van der Waals surface area contributed by atoms with Gasteiger partial charge in [-0.2, -0.15) is 0 Å². The van der Waals surface area contributed by atoms with E-state index in [1.807, 2.05) is 0 Å². The van der Waals surface area contributed by atoms with Crippen LogP contribution in [0.4, 0.5) is 0 Å². The van der Waals surface area contributed by atoms with Crippen LogP contribution < -0.4 is 9.47 Å². The van der Waals surface area contributed by atoms with E-state index >= 15 is 0 Å². The fourth-order valence-electron chi connectivity index (χ4n) is 1.28. The van der Waals surface area contributed by atoms with E-state index in [4.69, 9.17) is 21.1 Å². The largest absolute Gasteiger partial charge is 0.504 e. The van der Waals surface area contributed by atoms with E-state index < -0.39 is 0 Å². The predicted octanol–water partition coefficient (Wildman–Crippen LogP) is 2.27. The first kappa shape index (κ1) is 11.7. The average molecular weight is 231 g/mol. The summed E-state index contributed by atoms with van der Waals surface area (Å²) < 4.78 is 9.82. The second kappa shape index (κ2) is 4.40. The Balaban J connectivity index is 3.55. The van der Waals surface area contributed by atoms with Gasteiger partial charge in [-0.05, 0) is 6.92 Å². The Bertz CT molecular complexity index is 401. The van der Waals surface area contributed by atoms with Crippen LogP contribution >= 0.6 is 11.6 Å². The maximum absolute atomic E-state index is 11.3. The minimum absolute atomic E-state index is 0.0295. The number of hydrogen-bond donors (Lipinski definition) is 1. The number of carbonyl (C=O) groups excluding carboxylic acids is 1. The normalized spacial score (nSPS) is 9.87. The lowest BCUT2D eigenvalue weighted by Crippen LogP contribution is -2.00. The molecular weight excluding hydrogens is 220 g/mol. The monoisotopic (exact) mass is 230 g/mol. The van der Waals surface area contributed by atoms with Crippen LogP contribution in [-0.4, -0.2) is 25.1 Å². The third kappa shape index (κ3) is 1.99. The van der Waals surface area contributed by atoms with Crippen molar-refractivity contribution in [3.8, 4) is 17.2 Å². The highest BCUT2D eigenvalue weighted by Gasteiger charge is 2.21. The molecule has 0 aromatic heterocycles. The van der Waals surface area contributed by atoms with Crippen LogP contribution in [0.5, 0.6) is 17.2 Å². The number of aromatic hydroxyl groups is 1. The number of rotatable bonds is 3. The molecular formula is C10H11ClO4. The Morgan fingerprint density at radius 1 is 1.40 bits per heavy atom. The molecule has 15 heavy (non-hydrogen) atoms. The summed E-state index contributed by atoms with van der Waals surface area (Å²) in [5, 5.41) is 9.93. The lowest BCUT2D eigenvalue weighted by atomic mass is 10.1. The van der Waals surface area contributed by atoms with Gasteiger partial charge in [0.25, 0.3) is 0 Å². The third-order valence-electron chi connectivity index (χ3n) is 1.95. The number of phenols is 1. The Labute approximate surface area is 92.4 Å². The zero-order valence-electron chi connectivity index (χ0n) is 8.63. The molecule has 1 aromatic rings. The van der Waals surface area contributed by atoms with Crippen molar-refractivity contribution in [2.45, 2.75) is 6.92 Å². The van der Waals surface area contributed by atoms with Gasteiger partial charge in [0.15, 0.2) is 23.0 Å². The molecule has 82 valence electrons. The van der Waals surface area contributed by atoms with E-state index in [1.165, 1.54) is 27.2 Å². The van der Waals surface area contributed by atoms with Gasteiger partial charge in [-0.3, -0.25) is 4.79 Å². The minimum atomic E-state index is -0.342. The number of phenolic OH excluding ortho intramolecular Hbond substituents is 1. The van der Waals surface area contributed by atoms with E-state index in [-0.39, 0.29) is 33.6 Å². The molecule has 0 spiro atoms. The molecule has 0 aliphatic carbocycles. The summed E-state index contributed by atoms with van der Waals surface area (Å²) in [5.41, 5.74) is 0.0295. The number of hydrogen-bond acceptors (Lipinski definition) is 4. The molecule has 1 rings (SSSR count). The van der Waals surface area contributed by atoms with Crippen LogP contribution in [0.2, 0.25) is 5.02 Å². The zero-order chi connectivity index (χ0) is 11.6. The third-order valence-corrected chi connectivity index (χ3v) is 2.23. The fraction of sp³-hybridized carbons (Fsp3) is 0.300. The molecule has 0 radical (unpaired) electrons. The van der Waals surface area contributed by atoms with E-state index in [0.717, 1.165) is 0 Å². The van der Waals surface area contributed by atoms with E-state index in [1.54, 1.807) is 0 Å². The second-order valence-corrected chi connectivity index (χ2v) is 3.28. The molecule has 0 aliphatic rings. The Morgan fingerprint density at radius 2 is 2.00 bits per heavy atom. The summed E-state index contributed by atoms with van der Waals surface area (Å²) in [6, 6.07) is 1.39. The molecule has 0 aliphatic heterocycles. The number of methoxy groups -OCH3 is 2. The topological polar surface area (TPSA) is 55.8 Å². The maximum Gasteiger partial charge on any atom is 0.172 e. The zero-order valence-corrected chi connectivity index (χ0v) is 9.38. The van der Waals surface area contributed by atoms with Gasteiger partial charge in [0, 0.05) is 6.07 Å². The van der Waals surface area contributed by atoms with Crippen LogP contribution in [-0.2, 0) is 0 Å². The SMILES string of the molecule is COc1cc(Cl)c(OC)c(C(C)=O)c1O. The van der Waals surface area contributed by atoms with Gasteiger partial charge >= 0.3 is 0 Å². The maximum atomic E-state index is 11.3. The molecule has 0 fully saturated rings. The molecule has 0 bridgehead atoms. The summed E-state index contributed by atoms with van der Waals surface area (Å²) in [5.74, 6) is -0.301. The van der Waals surface area contributed by atoms with Gasteiger partial charge in [-0.1, -0.05) is 11.6 Å². The van der Waals surface area contributed by atoms with Crippen molar-refractivity contribution in [3.05, 3.63) is 16.7 Å². The molecule has 4 nitrogen and oxygen atoms in total. The second-order valence-electron chi connectivity index (χ2n) is 2.87. The molecule has 0 saturated heterocycles. The molecule has 0 amide bonds. The van der Waals surface area contributed by atoms with Crippen molar-refractivity contribution in [1.82, 2.24) is 0 Å². The number of ketones is 1. The summed E-state index contributed by atoms with van der Waals surface area (Å²) in [4.78, 5) is 11.3. The number of Topliss-reactive ketones (excluding diaryl/α,β-unsaturated/α-hetero) is 1. The molecule has 0 saturated carbocycles. The highest BCUT2D eigenvalue weighted by molar-refractivity contribution is 6.33. The fourth-order valence-corrected chi connectivity index (χ4v) is 1.55. The predicted molar refractivity (Wildman–Crippen MR) is 56.2 cm³/mol. The van der Waals surface area contributed by atoms with E-state index in [2.05, 4.69) is 0 Å². The first-order valence-electron chi connectivity index (χ1n) is 4.17. The van der Waals surface area contributed by atoms with Crippen LogP contribution in [0.1, 0.15) is 17.3 Å². The molecule has 0 atom stereocenters. The molecule has 0 heterocycles. The van der Waals surface area contributed by atoms with Gasteiger partial charge in [-0.15, -0.1) is 0 Å². The van der Waals surface area contributed by atoms with Crippen LogP contribution in [0, 0.1) is 0 Å². The van der Waals surface area contributed by atoms with Crippen molar-refractivity contribution in [2.75, 3.05) is 14.2 Å². The van der Waals surface area contributed by atoms with E-state index in [0.29, 0.717) is 0 Å². The summed E-state index contributed by atoms with van der Waals surface area (Å²) in [7, 11) is 2.75. The lowest BCUT2D eigenvalue weighted by molar-refractivity contribution is 0.101. The van der Waals surface area contributed by atoms with Gasteiger partial charge in [0.05, 0.1) is 19.2 Å². The number of ether oxygens (including phenoxy) is 2. The first-order valence-corrected chi connectivity index (χ1v) is 4.55. The van der Waals surface area contributed by atoms with Crippen molar-refractivity contribution in [2.24, 2.45) is 0 Å². The summed E-state index contributed by atoms with van der Waals surface area (Å²) in [6.45, 7) is 1.31. The van der Waals surface area contributed by atoms with Crippen molar-refractivity contribution in [1.29, 1.82) is 0 Å². The molecule has 0 unspecified atom stereocenters. The molecule has 5 heteroatoms. The number of benzene rings is 1. The number of halogens is 1. The first-order chi connectivity index (χ1) is 7.02. The average Bonchev–Trinajstić information content (AvgIpc) is 2.19. The van der Waals surface area contributed by atoms with Crippen LogP contribution in [0.15, 0.2) is 6.07 Å². The lowest BCUT2D eigenvalue weighted by Gasteiger charge is -2.12. The number of carbonyl (C=O) groups is 1. The quantitative estimate of drug-likeness (QED) is 0.810. The molecule has 1 N–H and O–H groups in total. The standard InChI is InChI=1S/C10H11ClO4/c1-5(12)8-9(13)7(14-2)4-6(11)10(8)15-3/h4,13H,1-3H3. The van der Waals surface area contributed by atoms with Gasteiger partial charge < -0.3 is 14.6 Å². The molecule has 1 aromatic carbocycles. The van der Waals surface area contributed by atoms with Crippen LogP contribution in [0.25, 0.3) is 0 Å². The van der Waals surface area contributed by atoms with Crippen LogP contribution in [0.3, 0.4) is 0 Å². The van der Waals surface area contributed by atoms with Gasteiger partial charge in [0.2, 0.25) is 0 Å².